The first-order valence-corrected chi connectivity index (χ1v) is 12.4. The van der Waals surface area contributed by atoms with Gasteiger partial charge in [0.1, 0.15) is 5.75 Å². The fourth-order valence-electron chi connectivity index (χ4n) is 3.36. The second-order valence-corrected chi connectivity index (χ2v) is 9.11. The molecule has 1 amide bonds. The Morgan fingerprint density at radius 1 is 1.12 bits per heavy atom. The summed E-state index contributed by atoms with van der Waals surface area (Å²) in [6.07, 6.45) is 3.46. The van der Waals surface area contributed by atoms with Gasteiger partial charge in [0.25, 0.3) is 0 Å². The molecule has 1 N–H and O–H groups in total. The molecule has 0 saturated heterocycles. The van der Waals surface area contributed by atoms with Gasteiger partial charge in [0.2, 0.25) is 5.91 Å². The number of thiazole rings is 1. The predicted octanol–water partition coefficient (Wildman–Crippen LogP) is 5.07. The minimum absolute atomic E-state index is 0.165. The maximum Gasteiger partial charge on any atom is 0.236 e. The number of hydrogen-bond acceptors (Lipinski definition) is 8. The largest absolute Gasteiger partial charge is 0.494 e. The van der Waals surface area contributed by atoms with Crippen LogP contribution in [-0.2, 0) is 4.79 Å². The van der Waals surface area contributed by atoms with Crippen LogP contribution in [0.25, 0.3) is 27.3 Å². The van der Waals surface area contributed by atoms with Crippen molar-refractivity contribution in [1.29, 1.82) is 0 Å². The minimum Gasteiger partial charge on any atom is -0.494 e. The molecular weight excluding hydrogens is 468 g/mol. The molecule has 0 spiro atoms. The zero-order valence-electron chi connectivity index (χ0n) is 18.2. The lowest BCUT2D eigenvalue weighted by atomic mass is 10.2. The van der Waals surface area contributed by atoms with Crippen LogP contribution in [0.4, 0.5) is 5.13 Å². The Bertz CT molecular complexity index is 1420. The van der Waals surface area contributed by atoms with Crippen molar-refractivity contribution in [1.82, 2.24) is 24.7 Å². The maximum atomic E-state index is 12.7. The van der Waals surface area contributed by atoms with Gasteiger partial charge in [-0.25, -0.2) is 4.98 Å². The molecular formula is C24H20N6O2S2. The van der Waals surface area contributed by atoms with Crippen LogP contribution in [0.5, 0.6) is 5.75 Å². The third-order valence-electron chi connectivity index (χ3n) is 4.82. The van der Waals surface area contributed by atoms with Gasteiger partial charge in [-0.15, -0.1) is 10.2 Å². The Morgan fingerprint density at radius 2 is 2.00 bits per heavy atom. The number of para-hydroxylation sites is 1. The molecule has 170 valence electrons. The van der Waals surface area contributed by atoms with Crippen LogP contribution in [0.15, 0.2) is 78.2 Å². The van der Waals surface area contributed by atoms with Crippen LogP contribution in [0.2, 0.25) is 0 Å². The molecule has 0 radical (unpaired) electrons. The normalized spacial score (nSPS) is 11.0. The highest BCUT2D eigenvalue weighted by Crippen LogP contribution is 2.30. The van der Waals surface area contributed by atoms with E-state index in [0.717, 1.165) is 27.2 Å². The van der Waals surface area contributed by atoms with Crippen molar-refractivity contribution in [2.75, 3.05) is 17.7 Å². The summed E-state index contributed by atoms with van der Waals surface area (Å²) in [5, 5.41) is 12.8. The number of pyridine rings is 1. The number of carbonyl (C=O) groups excluding carboxylic acids is 1. The number of anilines is 1. The molecule has 0 aliphatic rings. The number of carbonyl (C=O) groups is 1. The van der Waals surface area contributed by atoms with Gasteiger partial charge < -0.3 is 10.1 Å². The summed E-state index contributed by atoms with van der Waals surface area (Å²) in [6, 6.07) is 19.3. The number of nitrogens with one attached hydrogen (secondary N) is 1. The van der Waals surface area contributed by atoms with Crippen LogP contribution >= 0.6 is 23.1 Å². The molecule has 0 atom stereocenters. The third kappa shape index (κ3) is 4.78. The van der Waals surface area contributed by atoms with Gasteiger partial charge in [-0.2, -0.15) is 0 Å². The van der Waals surface area contributed by atoms with Gasteiger partial charge >= 0.3 is 0 Å². The van der Waals surface area contributed by atoms with E-state index < -0.39 is 0 Å². The van der Waals surface area contributed by atoms with Crippen molar-refractivity contribution >= 4 is 44.4 Å². The fraction of sp³-hybridized carbons (Fsp3) is 0.125. The van der Waals surface area contributed by atoms with Crippen LogP contribution in [-0.4, -0.2) is 43.0 Å². The zero-order valence-corrected chi connectivity index (χ0v) is 19.8. The highest BCUT2D eigenvalue weighted by molar-refractivity contribution is 7.99. The Morgan fingerprint density at radius 3 is 2.79 bits per heavy atom. The van der Waals surface area contributed by atoms with Gasteiger partial charge in [-0.1, -0.05) is 41.3 Å². The zero-order chi connectivity index (χ0) is 23.3. The van der Waals surface area contributed by atoms with Gasteiger partial charge in [0, 0.05) is 23.6 Å². The summed E-state index contributed by atoms with van der Waals surface area (Å²) < 4.78 is 8.43. The lowest BCUT2D eigenvalue weighted by molar-refractivity contribution is -0.113. The topological polar surface area (TPSA) is 94.8 Å². The third-order valence-corrected chi connectivity index (χ3v) is 6.68. The molecule has 0 aliphatic carbocycles. The average molecular weight is 489 g/mol. The molecule has 2 aromatic carbocycles. The number of aromatic nitrogens is 5. The van der Waals surface area contributed by atoms with E-state index >= 15 is 0 Å². The lowest BCUT2D eigenvalue weighted by Crippen LogP contribution is -2.14. The quantitative estimate of drug-likeness (QED) is 0.305. The first-order chi connectivity index (χ1) is 16.7. The average Bonchev–Trinajstić information content (AvgIpc) is 3.47. The van der Waals surface area contributed by atoms with Gasteiger partial charge in [0.05, 0.1) is 22.6 Å². The van der Waals surface area contributed by atoms with Gasteiger partial charge in [-0.05, 0) is 49.4 Å². The van der Waals surface area contributed by atoms with Crippen LogP contribution in [0.1, 0.15) is 6.92 Å². The summed E-state index contributed by atoms with van der Waals surface area (Å²) in [6.45, 7) is 2.54. The number of rotatable bonds is 8. The smallest absolute Gasteiger partial charge is 0.236 e. The van der Waals surface area contributed by atoms with Crippen molar-refractivity contribution in [3.05, 3.63) is 73.1 Å². The molecule has 0 saturated carbocycles. The monoisotopic (exact) mass is 488 g/mol. The van der Waals surface area contributed by atoms with E-state index in [4.69, 9.17) is 4.74 Å². The molecule has 10 heteroatoms. The summed E-state index contributed by atoms with van der Waals surface area (Å²) in [4.78, 5) is 21.4. The molecule has 34 heavy (non-hydrogen) atoms. The standard InChI is InChI=1S/C24H20N6O2S2/c1-2-32-18-10-11-19-20(13-18)34-23(26-19)27-21(31)15-33-24-29-28-22(16-7-6-12-25-14-16)30(24)17-8-4-3-5-9-17/h3-14H,2,15H2,1H3,(H,26,27,31). The summed E-state index contributed by atoms with van der Waals surface area (Å²) in [5.74, 6) is 1.45. The number of fused-ring (bicyclic) bond motifs is 1. The molecule has 3 aromatic heterocycles. The van der Waals surface area contributed by atoms with E-state index in [0.29, 0.717) is 22.7 Å². The fourth-order valence-corrected chi connectivity index (χ4v) is 5.02. The molecule has 0 aliphatic heterocycles. The predicted molar refractivity (Wildman–Crippen MR) is 135 cm³/mol. The van der Waals surface area contributed by atoms with E-state index in [1.54, 1.807) is 12.4 Å². The van der Waals surface area contributed by atoms with Crippen molar-refractivity contribution in [3.63, 3.8) is 0 Å². The second-order valence-electron chi connectivity index (χ2n) is 7.14. The van der Waals surface area contributed by atoms with Crippen molar-refractivity contribution in [3.8, 4) is 22.8 Å². The first-order valence-electron chi connectivity index (χ1n) is 10.6. The van der Waals surface area contributed by atoms with Crippen molar-refractivity contribution in [2.24, 2.45) is 0 Å². The Labute approximate surface area is 204 Å². The number of nitrogens with zero attached hydrogens (tertiary/aromatic N) is 5. The van der Waals surface area contributed by atoms with E-state index in [9.17, 15) is 4.79 Å². The highest BCUT2D eigenvalue weighted by Gasteiger charge is 2.18. The molecule has 5 rings (SSSR count). The molecule has 3 heterocycles. The molecule has 0 fully saturated rings. The summed E-state index contributed by atoms with van der Waals surface area (Å²) >= 11 is 2.73. The number of ether oxygens (including phenoxy) is 1. The van der Waals surface area contributed by atoms with Gasteiger partial charge in [-0.3, -0.25) is 14.3 Å². The van der Waals surface area contributed by atoms with E-state index in [2.05, 4.69) is 25.5 Å². The molecule has 0 bridgehead atoms. The molecule has 8 nitrogen and oxygen atoms in total. The maximum absolute atomic E-state index is 12.7. The highest BCUT2D eigenvalue weighted by atomic mass is 32.2. The SMILES string of the molecule is CCOc1ccc2nc(NC(=O)CSc3nnc(-c4cccnc4)n3-c3ccccc3)sc2c1. The Kier molecular flexibility index (Phi) is 6.50. The number of hydrogen-bond donors (Lipinski definition) is 1. The van der Waals surface area contributed by atoms with Crippen LogP contribution in [0.3, 0.4) is 0 Å². The Balaban J connectivity index is 1.33. The van der Waals surface area contributed by atoms with Crippen molar-refractivity contribution in [2.45, 2.75) is 12.1 Å². The minimum atomic E-state index is -0.167. The first kappa shape index (κ1) is 22.1. The van der Waals surface area contributed by atoms with Crippen molar-refractivity contribution < 1.29 is 9.53 Å². The molecule has 0 unspecified atom stereocenters. The number of amides is 1. The van der Waals surface area contributed by atoms with E-state index in [1.807, 2.05) is 72.2 Å². The van der Waals surface area contributed by atoms with E-state index in [-0.39, 0.29) is 11.7 Å². The summed E-state index contributed by atoms with van der Waals surface area (Å²) in [5.41, 5.74) is 2.57. The van der Waals surface area contributed by atoms with Crippen LogP contribution < -0.4 is 10.1 Å². The van der Waals surface area contributed by atoms with Crippen LogP contribution in [0, 0.1) is 0 Å². The van der Waals surface area contributed by atoms with Gasteiger partial charge in [0.15, 0.2) is 16.1 Å². The van der Waals surface area contributed by atoms with E-state index in [1.165, 1.54) is 23.1 Å². The second kappa shape index (κ2) is 10.0. The summed E-state index contributed by atoms with van der Waals surface area (Å²) in [7, 11) is 0. The number of thioether (sulfide) groups is 1. The molecule has 5 aromatic rings. The number of benzene rings is 2. The Hall–Kier alpha value is -3.76. The lowest BCUT2D eigenvalue weighted by Gasteiger charge is -2.10.